The van der Waals surface area contributed by atoms with Crippen LogP contribution in [0.5, 0.6) is 5.75 Å². The van der Waals surface area contributed by atoms with Crippen molar-refractivity contribution in [2.24, 2.45) is 5.92 Å². The zero-order valence-corrected chi connectivity index (χ0v) is 14.0. The summed E-state index contributed by atoms with van der Waals surface area (Å²) in [7, 11) is 0. The molecule has 0 aliphatic carbocycles. The summed E-state index contributed by atoms with van der Waals surface area (Å²) in [5, 5.41) is 1.15. The summed E-state index contributed by atoms with van der Waals surface area (Å²) < 4.78 is 11.8. The van der Waals surface area contributed by atoms with Crippen molar-refractivity contribution < 1.29 is 9.15 Å². The highest BCUT2D eigenvalue weighted by Gasteiger charge is 2.09. The molecule has 3 nitrogen and oxygen atoms in total. The second-order valence-electron chi connectivity index (χ2n) is 6.34. The maximum absolute atomic E-state index is 5.88. The highest BCUT2D eigenvalue weighted by molar-refractivity contribution is 5.77. The monoisotopic (exact) mass is 309 g/mol. The normalized spacial score (nSPS) is 11.3. The Bertz CT molecular complexity index is 756. The van der Waals surface area contributed by atoms with E-state index >= 15 is 0 Å². The minimum Gasteiger partial charge on any atom is -0.493 e. The minimum absolute atomic E-state index is 0.515. The van der Waals surface area contributed by atoms with Gasteiger partial charge in [-0.2, -0.15) is 0 Å². The topological polar surface area (TPSA) is 35.3 Å². The Morgan fingerprint density at radius 2 is 1.96 bits per heavy atom. The molecule has 0 spiro atoms. The number of furan rings is 1. The van der Waals surface area contributed by atoms with Crippen molar-refractivity contribution in [1.82, 2.24) is 4.98 Å². The first-order chi connectivity index (χ1) is 11.1. The molecule has 120 valence electrons. The van der Waals surface area contributed by atoms with E-state index in [0.29, 0.717) is 5.92 Å². The number of ether oxygens (including phenoxy) is 1. The lowest BCUT2D eigenvalue weighted by atomic mass is 10.1. The van der Waals surface area contributed by atoms with E-state index in [1.165, 1.54) is 0 Å². The predicted octanol–water partition coefficient (Wildman–Crippen LogP) is 4.96. The average molecular weight is 309 g/mol. The molecule has 1 aromatic carbocycles. The van der Waals surface area contributed by atoms with Gasteiger partial charge in [-0.15, -0.1) is 0 Å². The number of hydrogen-bond acceptors (Lipinski definition) is 3. The third-order valence-electron chi connectivity index (χ3n) is 3.92. The summed E-state index contributed by atoms with van der Waals surface area (Å²) in [6.07, 6.45) is 3.53. The van der Waals surface area contributed by atoms with E-state index < -0.39 is 0 Å². The Kier molecular flexibility index (Phi) is 4.65. The average Bonchev–Trinajstić information content (AvgIpc) is 2.95. The second kappa shape index (κ2) is 6.86. The van der Waals surface area contributed by atoms with Crippen LogP contribution in [0.1, 0.15) is 30.9 Å². The maximum Gasteiger partial charge on any atom is 0.134 e. The van der Waals surface area contributed by atoms with Crippen LogP contribution in [0.3, 0.4) is 0 Å². The minimum atomic E-state index is 0.515. The van der Waals surface area contributed by atoms with Gasteiger partial charge in [0.2, 0.25) is 0 Å². The van der Waals surface area contributed by atoms with Crippen molar-refractivity contribution >= 4 is 11.0 Å². The molecule has 0 saturated heterocycles. The molecular weight excluding hydrogens is 286 g/mol. The smallest absolute Gasteiger partial charge is 0.134 e. The fourth-order valence-electron chi connectivity index (χ4n) is 2.63. The van der Waals surface area contributed by atoms with Crippen molar-refractivity contribution in [2.45, 2.75) is 33.6 Å². The van der Waals surface area contributed by atoms with Gasteiger partial charge < -0.3 is 9.15 Å². The van der Waals surface area contributed by atoms with Crippen LogP contribution in [-0.4, -0.2) is 11.6 Å². The third kappa shape index (κ3) is 3.73. The number of rotatable bonds is 6. The predicted molar refractivity (Wildman–Crippen MR) is 92.9 cm³/mol. The fourth-order valence-corrected chi connectivity index (χ4v) is 2.63. The number of hydrogen-bond donors (Lipinski definition) is 0. The van der Waals surface area contributed by atoms with Crippen LogP contribution >= 0.6 is 0 Å². The first-order valence-corrected chi connectivity index (χ1v) is 8.18. The molecule has 0 bridgehead atoms. The van der Waals surface area contributed by atoms with Gasteiger partial charge in [0.25, 0.3) is 0 Å². The molecule has 3 heteroatoms. The number of aryl methyl sites for hydroxylation is 2. The number of nitrogens with zero attached hydrogens (tertiary/aromatic N) is 1. The molecule has 0 unspecified atom stereocenters. The standard InChI is InChI=1S/C20H23NO2/c1-14(2)13-22-19-10-11-21-18(15(19)3)9-8-17-12-16-6-4-5-7-20(16)23-17/h4-7,10-12,14H,8-9,13H2,1-3H3. The molecule has 0 radical (unpaired) electrons. The van der Waals surface area contributed by atoms with E-state index in [0.717, 1.165) is 53.2 Å². The van der Waals surface area contributed by atoms with E-state index in [2.05, 4.69) is 37.9 Å². The summed E-state index contributed by atoms with van der Waals surface area (Å²) in [6.45, 7) is 7.11. The van der Waals surface area contributed by atoms with E-state index in [1.807, 2.05) is 30.5 Å². The zero-order valence-electron chi connectivity index (χ0n) is 14.0. The van der Waals surface area contributed by atoms with Crippen molar-refractivity contribution in [2.75, 3.05) is 6.61 Å². The van der Waals surface area contributed by atoms with Gasteiger partial charge in [0.05, 0.1) is 6.61 Å². The first-order valence-electron chi connectivity index (χ1n) is 8.18. The van der Waals surface area contributed by atoms with Gasteiger partial charge in [0, 0.05) is 29.3 Å². The maximum atomic E-state index is 5.88. The SMILES string of the molecule is Cc1c(OCC(C)C)ccnc1CCc1cc2ccccc2o1. The lowest BCUT2D eigenvalue weighted by molar-refractivity contribution is 0.269. The van der Waals surface area contributed by atoms with Crippen molar-refractivity contribution in [3.8, 4) is 5.75 Å². The van der Waals surface area contributed by atoms with Crippen LogP contribution in [-0.2, 0) is 12.8 Å². The second-order valence-corrected chi connectivity index (χ2v) is 6.34. The van der Waals surface area contributed by atoms with Crippen molar-refractivity contribution in [3.63, 3.8) is 0 Å². The molecule has 0 fully saturated rings. The number of benzene rings is 1. The molecule has 3 rings (SSSR count). The van der Waals surface area contributed by atoms with Gasteiger partial charge in [-0.1, -0.05) is 32.0 Å². The summed E-state index contributed by atoms with van der Waals surface area (Å²) in [6, 6.07) is 12.2. The van der Waals surface area contributed by atoms with Crippen molar-refractivity contribution in [3.05, 3.63) is 59.6 Å². The molecule has 0 N–H and O–H groups in total. The third-order valence-corrected chi connectivity index (χ3v) is 3.92. The molecule has 0 amide bonds. The number of para-hydroxylation sites is 1. The van der Waals surface area contributed by atoms with Crippen LogP contribution in [0, 0.1) is 12.8 Å². The highest BCUT2D eigenvalue weighted by Crippen LogP contribution is 2.23. The Balaban J connectivity index is 1.71. The van der Waals surface area contributed by atoms with Gasteiger partial charge in [0.1, 0.15) is 17.1 Å². The molecule has 0 saturated carbocycles. The molecule has 0 aliphatic heterocycles. The van der Waals surface area contributed by atoms with Crippen LogP contribution in [0.2, 0.25) is 0 Å². The fraction of sp³-hybridized carbons (Fsp3) is 0.350. The quantitative estimate of drug-likeness (QED) is 0.646. The van der Waals surface area contributed by atoms with E-state index in [9.17, 15) is 0 Å². The van der Waals surface area contributed by atoms with E-state index in [1.54, 1.807) is 0 Å². The van der Waals surface area contributed by atoms with Gasteiger partial charge in [-0.25, -0.2) is 0 Å². The Hall–Kier alpha value is -2.29. The van der Waals surface area contributed by atoms with Crippen molar-refractivity contribution in [1.29, 1.82) is 0 Å². The molecule has 0 atom stereocenters. The first kappa shape index (κ1) is 15.6. The zero-order chi connectivity index (χ0) is 16.2. The Morgan fingerprint density at radius 3 is 2.74 bits per heavy atom. The summed E-state index contributed by atoms with van der Waals surface area (Å²) in [5.41, 5.74) is 3.15. The number of aromatic nitrogens is 1. The molecule has 2 heterocycles. The summed E-state index contributed by atoms with van der Waals surface area (Å²) in [4.78, 5) is 4.51. The van der Waals surface area contributed by atoms with Crippen LogP contribution in [0.15, 0.2) is 47.0 Å². The van der Waals surface area contributed by atoms with Gasteiger partial charge in [0.15, 0.2) is 0 Å². The van der Waals surface area contributed by atoms with Crippen LogP contribution in [0.4, 0.5) is 0 Å². The summed E-state index contributed by atoms with van der Waals surface area (Å²) in [5.74, 6) is 2.45. The Morgan fingerprint density at radius 1 is 1.13 bits per heavy atom. The van der Waals surface area contributed by atoms with Gasteiger partial charge in [-0.05, 0) is 37.5 Å². The molecular formula is C20H23NO2. The van der Waals surface area contributed by atoms with E-state index in [-0.39, 0.29) is 0 Å². The number of pyridine rings is 1. The lowest BCUT2D eigenvalue weighted by Gasteiger charge is -2.13. The van der Waals surface area contributed by atoms with Gasteiger partial charge in [-0.3, -0.25) is 4.98 Å². The van der Waals surface area contributed by atoms with Crippen LogP contribution in [0.25, 0.3) is 11.0 Å². The Labute approximate surface area is 137 Å². The largest absolute Gasteiger partial charge is 0.493 e. The number of fused-ring (bicyclic) bond motifs is 1. The molecule has 3 aromatic rings. The van der Waals surface area contributed by atoms with Crippen LogP contribution < -0.4 is 4.74 Å². The van der Waals surface area contributed by atoms with Gasteiger partial charge >= 0.3 is 0 Å². The molecule has 0 aliphatic rings. The molecule has 2 aromatic heterocycles. The lowest BCUT2D eigenvalue weighted by Crippen LogP contribution is -2.07. The van der Waals surface area contributed by atoms with E-state index in [4.69, 9.17) is 9.15 Å². The molecule has 23 heavy (non-hydrogen) atoms. The highest BCUT2D eigenvalue weighted by atomic mass is 16.5. The summed E-state index contributed by atoms with van der Waals surface area (Å²) >= 11 is 0.